The van der Waals surface area contributed by atoms with Crippen LogP contribution < -0.4 is 0 Å². The highest BCUT2D eigenvalue weighted by atomic mass is 79.9. The van der Waals surface area contributed by atoms with E-state index >= 15 is 0 Å². The van der Waals surface area contributed by atoms with Crippen molar-refractivity contribution >= 4 is 21.8 Å². The fourth-order valence-electron chi connectivity index (χ4n) is 1.22. The van der Waals surface area contributed by atoms with Crippen molar-refractivity contribution in [3.63, 3.8) is 0 Å². The van der Waals surface area contributed by atoms with E-state index in [0.717, 1.165) is 24.0 Å². The summed E-state index contributed by atoms with van der Waals surface area (Å²) in [4.78, 5) is 17.6. The van der Waals surface area contributed by atoms with E-state index in [9.17, 15) is 4.79 Å². The molecule has 0 bridgehead atoms. The van der Waals surface area contributed by atoms with Crippen LogP contribution >= 0.6 is 15.9 Å². The summed E-state index contributed by atoms with van der Waals surface area (Å²) in [6.07, 6.45) is 3.72. The molecule has 3 nitrogen and oxygen atoms in total. The minimum absolute atomic E-state index is 0.0310. The SMILES string of the molecule is CCCCN(C)C(=O)c1ccc(Br)nc1. The van der Waals surface area contributed by atoms with Crippen LogP contribution in [0.1, 0.15) is 30.1 Å². The van der Waals surface area contributed by atoms with Crippen LogP contribution in [0.15, 0.2) is 22.9 Å². The fraction of sp³-hybridized carbons (Fsp3) is 0.455. The lowest BCUT2D eigenvalue weighted by atomic mass is 10.2. The molecule has 0 spiro atoms. The molecular weight excluding hydrogens is 256 g/mol. The van der Waals surface area contributed by atoms with Crippen molar-refractivity contribution in [3.8, 4) is 0 Å². The molecule has 0 fully saturated rings. The van der Waals surface area contributed by atoms with E-state index in [2.05, 4.69) is 27.8 Å². The van der Waals surface area contributed by atoms with Gasteiger partial charge in [0.2, 0.25) is 0 Å². The van der Waals surface area contributed by atoms with Crippen LogP contribution in [-0.2, 0) is 0 Å². The Morgan fingerprint density at radius 3 is 2.80 bits per heavy atom. The molecule has 4 heteroatoms. The molecule has 1 rings (SSSR count). The van der Waals surface area contributed by atoms with E-state index in [4.69, 9.17) is 0 Å². The van der Waals surface area contributed by atoms with Crippen LogP contribution in [0.2, 0.25) is 0 Å². The van der Waals surface area contributed by atoms with Crippen LogP contribution in [0.25, 0.3) is 0 Å². The first-order valence-corrected chi connectivity index (χ1v) is 5.81. The quantitative estimate of drug-likeness (QED) is 0.789. The van der Waals surface area contributed by atoms with Crippen molar-refractivity contribution in [2.24, 2.45) is 0 Å². The molecule has 0 saturated heterocycles. The minimum Gasteiger partial charge on any atom is -0.342 e. The summed E-state index contributed by atoms with van der Waals surface area (Å²) in [6.45, 7) is 2.91. The smallest absolute Gasteiger partial charge is 0.255 e. The summed E-state index contributed by atoms with van der Waals surface area (Å²) in [5.74, 6) is 0.0310. The average molecular weight is 271 g/mol. The Labute approximate surface area is 98.6 Å². The molecular formula is C11H15BrN2O. The van der Waals surface area contributed by atoms with Crippen molar-refractivity contribution in [1.29, 1.82) is 0 Å². The molecule has 1 amide bonds. The summed E-state index contributed by atoms with van der Waals surface area (Å²) < 4.78 is 0.746. The number of carbonyl (C=O) groups excluding carboxylic acids is 1. The predicted molar refractivity (Wildman–Crippen MR) is 63.8 cm³/mol. The van der Waals surface area contributed by atoms with E-state index in [0.29, 0.717) is 5.56 Å². The number of amides is 1. The van der Waals surface area contributed by atoms with Gasteiger partial charge < -0.3 is 4.90 Å². The molecule has 0 aliphatic heterocycles. The molecule has 0 unspecified atom stereocenters. The van der Waals surface area contributed by atoms with E-state index in [-0.39, 0.29) is 5.91 Å². The zero-order valence-electron chi connectivity index (χ0n) is 9.03. The predicted octanol–water partition coefficient (Wildman–Crippen LogP) is 2.72. The molecule has 0 N–H and O–H groups in total. The van der Waals surface area contributed by atoms with Gasteiger partial charge in [-0.25, -0.2) is 4.98 Å². The molecule has 1 heterocycles. The highest BCUT2D eigenvalue weighted by Gasteiger charge is 2.10. The molecule has 82 valence electrons. The Bertz CT molecular complexity index is 324. The average Bonchev–Trinajstić information content (AvgIpc) is 2.26. The van der Waals surface area contributed by atoms with Gasteiger partial charge in [-0.1, -0.05) is 13.3 Å². The summed E-state index contributed by atoms with van der Waals surface area (Å²) >= 11 is 3.24. The first-order chi connectivity index (χ1) is 7.15. The Morgan fingerprint density at radius 2 is 2.27 bits per heavy atom. The molecule has 15 heavy (non-hydrogen) atoms. The third-order valence-corrected chi connectivity index (χ3v) is 2.64. The highest BCUT2D eigenvalue weighted by Crippen LogP contribution is 2.08. The van der Waals surface area contributed by atoms with Gasteiger partial charge in [0.25, 0.3) is 5.91 Å². The number of hydrogen-bond donors (Lipinski definition) is 0. The van der Waals surface area contributed by atoms with Crippen molar-refractivity contribution in [2.45, 2.75) is 19.8 Å². The molecule has 0 saturated carbocycles. The van der Waals surface area contributed by atoms with Gasteiger partial charge in [0.05, 0.1) is 5.56 Å². The maximum Gasteiger partial charge on any atom is 0.255 e. The lowest BCUT2D eigenvalue weighted by Gasteiger charge is -2.16. The van der Waals surface area contributed by atoms with E-state index in [1.807, 2.05) is 7.05 Å². The number of nitrogens with zero attached hydrogens (tertiary/aromatic N) is 2. The van der Waals surface area contributed by atoms with E-state index < -0.39 is 0 Å². The van der Waals surface area contributed by atoms with Gasteiger partial charge in [-0.3, -0.25) is 4.79 Å². The molecule has 0 aliphatic carbocycles. The first kappa shape index (κ1) is 12.2. The van der Waals surface area contributed by atoms with Gasteiger partial charge in [0, 0.05) is 19.8 Å². The number of halogens is 1. The second-order valence-electron chi connectivity index (χ2n) is 3.45. The standard InChI is InChI=1S/C11H15BrN2O/c1-3-4-7-14(2)11(15)9-5-6-10(12)13-8-9/h5-6,8H,3-4,7H2,1-2H3. The zero-order chi connectivity index (χ0) is 11.3. The van der Waals surface area contributed by atoms with Crippen molar-refractivity contribution in [2.75, 3.05) is 13.6 Å². The fourth-order valence-corrected chi connectivity index (χ4v) is 1.45. The monoisotopic (exact) mass is 270 g/mol. The van der Waals surface area contributed by atoms with Gasteiger partial charge >= 0.3 is 0 Å². The van der Waals surface area contributed by atoms with Crippen LogP contribution in [0.5, 0.6) is 0 Å². The number of carbonyl (C=O) groups is 1. The molecule has 1 aromatic rings. The second-order valence-corrected chi connectivity index (χ2v) is 4.26. The molecule has 0 aliphatic rings. The third-order valence-electron chi connectivity index (χ3n) is 2.17. The Hall–Kier alpha value is -0.900. The van der Waals surface area contributed by atoms with Crippen molar-refractivity contribution < 1.29 is 4.79 Å². The van der Waals surface area contributed by atoms with Crippen LogP contribution in [0.4, 0.5) is 0 Å². The van der Waals surface area contributed by atoms with Crippen LogP contribution in [0.3, 0.4) is 0 Å². The van der Waals surface area contributed by atoms with Crippen molar-refractivity contribution in [3.05, 3.63) is 28.5 Å². The largest absolute Gasteiger partial charge is 0.342 e. The van der Waals surface area contributed by atoms with Crippen molar-refractivity contribution in [1.82, 2.24) is 9.88 Å². The Balaban J connectivity index is 2.63. The number of pyridine rings is 1. The normalized spacial score (nSPS) is 10.1. The summed E-state index contributed by atoms with van der Waals surface area (Å²) in [5, 5.41) is 0. The molecule has 1 aromatic heterocycles. The minimum atomic E-state index is 0.0310. The van der Waals surface area contributed by atoms with Crippen LogP contribution in [0, 0.1) is 0 Å². The number of aromatic nitrogens is 1. The number of rotatable bonds is 4. The lowest BCUT2D eigenvalue weighted by Crippen LogP contribution is -2.27. The van der Waals surface area contributed by atoms with Gasteiger partial charge in [0.1, 0.15) is 4.60 Å². The molecule has 0 aromatic carbocycles. The Kier molecular flexibility index (Phi) is 4.75. The lowest BCUT2D eigenvalue weighted by molar-refractivity contribution is 0.0793. The summed E-state index contributed by atoms with van der Waals surface area (Å²) in [5.41, 5.74) is 0.636. The highest BCUT2D eigenvalue weighted by molar-refractivity contribution is 9.10. The maximum absolute atomic E-state index is 11.8. The maximum atomic E-state index is 11.8. The molecule has 0 radical (unpaired) electrons. The zero-order valence-corrected chi connectivity index (χ0v) is 10.6. The topological polar surface area (TPSA) is 33.2 Å². The van der Waals surface area contributed by atoms with Gasteiger partial charge in [-0.2, -0.15) is 0 Å². The third kappa shape index (κ3) is 3.63. The van der Waals surface area contributed by atoms with Crippen LogP contribution in [-0.4, -0.2) is 29.4 Å². The van der Waals surface area contributed by atoms with E-state index in [1.165, 1.54) is 0 Å². The number of hydrogen-bond acceptors (Lipinski definition) is 2. The second kappa shape index (κ2) is 5.85. The summed E-state index contributed by atoms with van der Waals surface area (Å²) in [7, 11) is 1.82. The van der Waals surface area contributed by atoms with Gasteiger partial charge in [-0.15, -0.1) is 0 Å². The first-order valence-electron chi connectivity index (χ1n) is 5.02. The Morgan fingerprint density at radius 1 is 1.53 bits per heavy atom. The van der Waals surface area contributed by atoms with Gasteiger partial charge in [0.15, 0.2) is 0 Å². The summed E-state index contributed by atoms with van der Waals surface area (Å²) in [6, 6.07) is 3.56. The van der Waals surface area contributed by atoms with Gasteiger partial charge in [-0.05, 0) is 34.5 Å². The number of unbranched alkanes of at least 4 members (excludes halogenated alkanes) is 1. The molecule has 0 atom stereocenters. The van der Waals surface area contributed by atoms with E-state index in [1.54, 1.807) is 23.2 Å².